The first kappa shape index (κ1) is 12.9. The Morgan fingerprint density at radius 2 is 2.39 bits per heavy atom. The lowest BCUT2D eigenvalue weighted by Crippen LogP contribution is -2.13. The zero-order valence-electron chi connectivity index (χ0n) is 9.84. The molecule has 4 nitrogen and oxygen atoms in total. The molecule has 0 aliphatic heterocycles. The monoisotopic (exact) mass is 279 g/mol. The number of aromatic nitrogens is 1. The molecule has 0 radical (unpaired) electrons. The average Bonchev–Trinajstić information content (AvgIpc) is 2.83. The van der Waals surface area contributed by atoms with Crippen LogP contribution in [0.5, 0.6) is 0 Å². The average molecular weight is 279 g/mol. The molecule has 1 aromatic carbocycles. The van der Waals surface area contributed by atoms with Gasteiger partial charge in [0.05, 0.1) is 5.75 Å². The molecule has 6 heteroatoms. The summed E-state index contributed by atoms with van der Waals surface area (Å²) in [6.07, 6.45) is 1.66. The summed E-state index contributed by atoms with van der Waals surface area (Å²) in [5.41, 5.74) is 7.54. The van der Waals surface area contributed by atoms with Gasteiger partial charge in [0.15, 0.2) is 5.13 Å². The number of nitrogen functional groups attached to an aromatic ring is 1. The summed E-state index contributed by atoms with van der Waals surface area (Å²) in [5.74, 6) is 0.313. The quantitative estimate of drug-likeness (QED) is 0.667. The van der Waals surface area contributed by atoms with E-state index in [1.165, 1.54) is 23.1 Å². The summed E-state index contributed by atoms with van der Waals surface area (Å²) in [7, 11) is 0. The first-order chi connectivity index (χ1) is 8.65. The van der Waals surface area contributed by atoms with E-state index in [1.54, 1.807) is 6.20 Å². The number of hydrogen-bond acceptors (Lipinski definition) is 5. The highest BCUT2D eigenvalue weighted by Crippen LogP contribution is 2.22. The summed E-state index contributed by atoms with van der Waals surface area (Å²) in [4.78, 5) is 16.7. The second-order valence-corrected chi connectivity index (χ2v) is 5.64. The van der Waals surface area contributed by atoms with E-state index in [4.69, 9.17) is 5.73 Å². The molecular formula is C12H13N3OS2. The maximum atomic E-state index is 11.6. The number of aryl methyl sites for hydroxylation is 1. The van der Waals surface area contributed by atoms with Gasteiger partial charge in [0.1, 0.15) is 0 Å². The zero-order chi connectivity index (χ0) is 13.0. The number of benzene rings is 1. The Balaban J connectivity index is 1.87. The number of nitrogens with two attached hydrogens (primary N) is 1. The van der Waals surface area contributed by atoms with Crippen molar-refractivity contribution < 1.29 is 4.79 Å². The number of nitrogens with zero attached hydrogens (tertiary/aromatic N) is 1. The molecule has 18 heavy (non-hydrogen) atoms. The van der Waals surface area contributed by atoms with E-state index in [0.29, 0.717) is 10.9 Å². The van der Waals surface area contributed by atoms with Crippen LogP contribution < -0.4 is 11.1 Å². The van der Waals surface area contributed by atoms with Gasteiger partial charge < -0.3 is 11.1 Å². The van der Waals surface area contributed by atoms with Gasteiger partial charge in [0.2, 0.25) is 5.91 Å². The van der Waals surface area contributed by atoms with Gasteiger partial charge in [-0.1, -0.05) is 0 Å². The highest BCUT2D eigenvalue weighted by molar-refractivity contribution is 8.00. The molecular weight excluding hydrogens is 266 g/mol. The van der Waals surface area contributed by atoms with Crippen LogP contribution in [0, 0.1) is 6.92 Å². The lowest BCUT2D eigenvalue weighted by molar-refractivity contribution is -0.113. The molecule has 2 aromatic rings. The van der Waals surface area contributed by atoms with E-state index < -0.39 is 0 Å². The Hall–Kier alpha value is -1.53. The van der Waals surface area contributed by atoms with Crippen molar-refractivity contribution in [2.75, 3.05) is 16.8 Å². The predicted molar refractivity (Wildman–Crippen MR) is 77.1 cm³/mol. The van der Waals surface area contributed by atoms with Crippen LogP contribution in [0.4, 0.5) is 10.8 Å². The molecule has 0 aliphatic carbocycles. The fraction of sp³-hybridized carbons (Fsp3) is 0.167. The fourth-order valence-corrected chi connectivity index (χ4v) is 2.67. The highest BCUT2D eigenvalue weighted by Gasteiger charge is 2.05. The Bertz CT molecular complexity index is 540. The number of thioether (sulfide) groups is 1. The molecule has 0 atom stereocenters. The Morgan fingerprint density at radius 1 is 1.56 bits per heavy atom. The molecule has 0 fully saturated rings. The first-order valence-corrected chi connectivity index (χ1v) is 7.20. The predicted octanol–water partition coefficient (Wildman–Crippen LogP) is 2.76. The number of carbonyl (C=O) groups is 1. The maximum absolute atomic E-state index is 11.6. The van der Waals surface area contributed by atoms with Crippen LogP contribution >= 0.6 is 23.1 Å². The van der Waals surface area contributed by atoms with E-state index >= 15 is 0 Å². The van der Waals surface area contributed by atoms with Crippen molar-refractivity contribution >= 4 is 39.8 Å². The molecule has 0 spiro atoms. The molecule has 1 aromatic heterocycles. The van der Waals surface area contributed by atoms with Gasteiger partial charge in [-0.15, -0.1) is 23.1 Å². The largest absolute Gasteiger partial charge is 0.399 e. The molecule has 0 unspecified atom stereocenters. The number of carbonyl (C=O) groups excluding carboxylic acids is 1. The van der Waals surface area contributed by atoms with Crippen LogP contribution in [0.3, 0.4) is 0 Å². The summed E-state index contributed by atoms with van der Waals surface area (Å²) in [5, 5.41) is 5.20. The molecule has 3 N–H and O–H groups in total. The van der Waals surface area contributed by atoms with Crippen LogP contribution in [-0.2, 0) is 4.79 Å². The van der Waals surface area contributed by atoms with Gasteiger partial charge in [-0.05, 0) is 30.7 Å². The first-order valence-electron chi connectivity index (χ1n) is 5.33. The lowest BCUT2D eigenvalue weighted by atomic mass is 10.2. The summed E-state index contributed by atoms with van der Waals surface area (Å²) in [6.45, 7) is 1.95. The molecule has 0 saturated carbocycles. The van der Waals surface area contributed by atoms with Crippen molar-refractivity contribution in [2.45, 2.75) is 11.8 Å². The molecule has 0 aliphatic rings. The van der Waals surface area contributed by atoms with Crippen LogP contribution in [0.25, 0.3) is 0 Å². The van der Waals surface area contributed by atoms with E-state index in [0.717, 1.165) is 16.1 Å². The van der Waals surface area contributed by atoms with Gasteiger partial charge >= 0.3 is 0 Å². The number of nitrogens with one attached hydrogen (secondary N) is 1. The third-order valence-corrected chi connectivity index (χ3v) is 3.97. The van der Waals surface area contributed by atoms with Crippen molar-refractivity contribution in [1.82, 2.24) is 4.98 Å². The lowest BCUT2D eigenvalue weighted by Gasteiger charge is -2.05. The standard InChI is InChI=1S/C12H13N3OS2/c1-8-6-9(2-3-10(8)13)18-7-11(16)15-12-14-4-5-17-12/h2-6H,7,13H2,1H3,(H,14,15,16). The van der Waals surface area contributed by atoms with Crippen LogP contribution in [0.1, 0.15) is 5.56 Å². The number of rotatable bonds is 4. The van der Waals surface area contributed by atoms with Crippen molar-refractivity contribution in [3.8, 4) is 0 Å². The second-order valence-electron chi connectivity index (χ2n) is 3.69. The minimum atomic E-state index is -0.0515. The summed E-state index contributed by atoms with van der Waals surface area (Å²) < 4.78 is 0. The summed E-state index contributed by atoms with van der Waals surface area (Å²) in [6, 6.07) is 5.76. The van der Waals surface area contributed by atoms with Crippen LogP contribution in [0.15, 0.2) is 34.7 Å². The molecule has 94 valence electrons. The molecule has 0 bridgehead atoms. The van der Waals surface area contributed by atoms with Crippen LogP contribution in [0.2, 0.25) is 0 Å². The summed E-state index contributed by atoms with van der Waals surface area (Å²) >= 11 is 2.89. The van der Waals surface area contributed by atoms with E-state index in [1.807, 2.05) is 30.5 Å². The minimum absolute atomic E-state index is 0.0515. The number of thiazole rings is 1. The van der Waals surface area contributed by atoms with Crippen LogP contribution in [-0.4, -0.2) is 16.6 Å². The Morgan fingerprint density at radius 3 is 3.06 bits per heavy atom. The van der Waals surface area contributed by atoms with Crippen molar-refractivity contribution in [1.29, 1.82) is 0 Å². The van der Waals surface area contributed by atoms with E-state index in [2.05, 4.69) is 10.3 Å². The Kier molecular flexibility index (Phi) is 4.22. The second kappa shape index (κ2) is 5.88. The topological polar surface area (TPSA) is 68.0 Å². The van der Waals surface area contributed by atoms with Crippen molar-refractivity contribution in [3.63, 3.8) is 0 Å². The van der Waals surface area contributed by atoms with Gasteiger partial charge in [-0.3, -0.25) is 4.79 Å². The van der Waals surface area contributed by atoms with Gasteiger partial charge in [0, 0.05) is 22.2 Å². The molecule has 1 heterocycles. The van der Waals surface area contributed by atoms with E-state index in [9.17, 15) is 4.79 Å². The van der Waals surface area contributed by atoms with E-state index in [-0.39, 0.29) is 5.91 Å². The van der Waals surface area contributed by atoms with Crippen molar-refractivity contribution in [2.24, 2.45) is 0 Å². The highest BCUT2D eigenvalue weighted by atomic mass is 32.2. The van der Waals surface area contributed by atoms with Crippen molar-refractivity contribution in [3.05, 3.63) is 35.3 Å². The number of hydrogen-bond donors (Lipinski definition) is 2. The van der Waals surface area contributed by atoms with Gasteiger partial charge in [0.25, 0.3) is 0 Å². The van der Waals surface area contributed by atoms with Gasteiger partial charge in [-0.25, -0.2) is 4.98 Å². The minimum Gasteiger partial charge on any atom is -0.399 e. The number of anilines is 2. The zero-order valence-corrected chi connectivity index (χ0v) is 11.5. The van der Waals surface area contributed by atoms with Gasteiger partial charge in [-0.2, -0.15) is 0 Å². The molecule has 1 amide bonds. The number of amides is 1. The smallest absolute Gasteiger partial charge is 0.236 e. The fourth-order valence-electron chi connectivity index (χ4n) is 1.33. The maximum Gasteiger partial charge on any atom is 0.236 e. The normalized spacial score (nSPS) is 10.3. The SMILES string of the molecule is Cc1cc(SCC(=O)Nc2nccs2)ccc1N. The molecule has 0 saturated heterocycles. The third kappa shape index (κ3) is 3.48. The molecule has 2 rings (SSSR count). The Labute approximate surface area is 114 Å². The third-order valence-electron chi connectivity index (χ3n) is 2.29.